The Morgan fingerprint density at radius 3 is 2.57 bits per heavy atom. The number of hydrogen-bond acceptors (Lipinski definition) is 6. The van der Waals surface area contributed by atoms with Gasteiger partial charge in [-0.15, -0.1) is 0 Å². The van der Waals surface area contributed by atoms with E-state index in [1.165, 1.54) is 12.3 Å². The molecule has 1 aromatic heterocycles. The van der Waals surface area contributed by atoms with Gasteiger partial charge in [-0.1, -0.05) is 6.07 Å². The van der Waals surface area contributed by atoms with Crippen molar-refractivity contribution >= 4 is 23.6 Å². The van der Waals surface area contributed by atoms with Crippen LogP contribution in [0.25, 0.3) is 6.08 Å². The minimum atomic E-state index is -0.545. The summed E-state index contributed by atoms with van der Waals surface area (Å²) in [6.07, 6.45) is 2.93. The molecular formula is C22H18N2O6. The van der Waals surface area contributed by atoms with Gasteiger partial charge in [0.2, 0.25) is 6.79 Å². The fraction of sp³-hybridized carbons (Fsp3) is 0.0909. The largest absolute Gasteiger partial charge is 0.497 e. The fourth-order valence-corrected chi connectivity index (χ4v) is 2.79. The molecule has 2 N–H and O–H groups in total. The van der Waals surface area contributed by atoms with Crippen LogP contribution in [0.15, 0.2) is 71.0 Å². The molecule has 0 saturated heterocycles. The highest BCUT2D eigenvalue weighted by Crippen LogP contribution is 2.33. The second kappa shape index (κ2) is 8.44. The number of fused-ring (bicyclic) bond motifs is 1. The summed E-state index contributed by atoms with van der Waals surface area (Å²) < 4.78 is 20.9. The van der Waals surface area contributed by atoms with Crippen molar-refractivity contribution in [2.75, 3.05) is 19.2 Å². The van der Waals surface area contributed by atoms with Crippen molar-refractivity contribution in [3.05, 3.63) is 77.9 Å². The Morgan fingerprint density at radius 2 is 1.83 bits per heavy atom. The number of carbonyl (C=O) groups excluding carboxylic acids is 2. The summed E-state index contributed by atoms with van der Waals surface area (Å²) in [4.78, 5) is 25.3. The predicted molar refractivity (Wildman–Crippen MR) is 108 cm³/mol. The third-order valence-corrected chi connectivity index (χ3v) is 4.29. The summed E-state index contributed by atoms with van der Waals surface area (Å²) in [5.41, 5.74) is 1.23. The van der Waals surface area contributed by atoms with Crippen molar-refractivity contribution in [3.63, 3.8) is 0 Å². The van der Waals surface area contributed by atoms with E-state index in [-0.39, 0.29) is 18.3 Å². The third kappa shape index (κ3) is 4.27. The zero-order chi connectivity index (χ0) is 20.9. The van der Waals surface area contributed by atoms with Gasteiger partial charge < -0.3 is 29.3 Å². The maximum Gasteiger partial charge on any atom is 0.291 e. The predicted octanol–water partition coefficient (Wildman–Crippen LogP) is 3.43. The van der Waals surface area contributed by atoms with E-state index < -0.39 is 11.8 Å². The van der Waals surface area contributed by atoms with Gasteiger partial charge in [0.15, 0.2) is 17.3 Å². The number of furan rings is 1. The minimum Gasteiger partial charge on any atom is -0.497 e. The van der Waals surface area contributed by atoms with Crippen LogP contribution in [0.2, 0.25) is 0 Å². The number of rotatable bonds is 6. The molecule has 8 heteroatoms. The zero-order valence-electron chi connectivity index (χ0n) is 16.0. The van der Waals surface area contributed by atoms with Crippen LogP contribution in [0.5, 0.6) is 17.2 Å². The number of hydrogen-bond donors (Lipinski definition) is 2. The molecule has 1 aliphatic rings. The van der Waals surface area contributed by atoms with E-state index >= 15 is 0 Å². The molecule has 1 aliphatic heterocycles. The number of methoxy groups -OCH3 is 1. The Hall–Kier alpha value is -4.20. The molecule has 3 aromatic rings. The standard InChI is InChI=1S/C22H18N2O6/c1-27-16-7-5-15(6-8-16)23-21(25)17(24-22(26)19-3-2-10-28-19)11-14-4-9-18-20(12-14)30-13-29-18/h2-12H,13H2,1H3,(H,23,25)(H,24,26)/b17-11-. The number of carbonyl (C=O) groups is 2. The lowest BCUT2D eigenvalue weighted by Crippen LogP contribution is -2.30. The van der Waals surface area contributed by atoms with Crippen molar-refractivity contribution in [2.24, 2.45) is 0 Å². The maximum absolute atomic E-state index is 12.9. The van der Waals surface area contributed by atoms with Crippen LogP contribution in [-0.4, -0.2) is 25.7 Å². The molecule has 2 heterocycles. The van der Waals surface area contributed by atoms with Crippen LogP contribution in [0, 0.1) is 0 Å². The third-order valence-electron chi connectivity index (χ3n) is 4.29. The molecule has 0 unspecified atom stereocenters. The van der Waals surface area contributed by atoms with E-state index in [0.29, 0.717) is 28.5 Å². The van der Waals surface area contributed by atoms with Crippen LogP contribution < -0.4 is 24.8 Å². The van der Waals surface area contributed by atoms with Crippen molar-refractivity contribution in [1.29, 1.82) is 0 Å². The van der Waals surface area contributed by atoms with Crippen LogP contribution in [0.3, 0.4) is 0 Å². The van der Waals surface area contributed by atoms with Gasteiger partial charge in [0, 0.05) is 5.69 Å². The molecule has 30 heavy (non-hydrogen) atoms. The summed E-state index contributed by atoms with van der Waals surface area (Å²) in [6.45, 7) is 0.141. The second-order valence-corrected chi connectivity index (χ2v) is 6.28. The van der Waals surface area contributed by atoms with Crippen LogP contribution in [0.4, 0.5) is 5.69 Å². The van der Waals surface area contributed by atoms with Gasteiger partial charge in [0.25, 0.3) is 11.8 Å². The van der Waals surface area contributed by atoms with E-state index in [1.807, 2.05) is 0 Å². The zero-order valence-corrected chi connectivity index (χ0v) is 16.0. The average molecular weight is 406 g/mol. The molecule has 0 radical (unpaired) electrons. The molecule has 0 aliphatic carbocycles. The van der Waals surface area contributed by atoms with Gasteiger partial charge in [-0.2, -0.15) is 0 Å². The Labute approximate surface area is 172 Å². The Morgan fingerprint density at radius 1 is 1.03 bits per heavy atom. The van der Waals surface area contributed by atoms with Crippen LogP contribution in [0.1, 0.15) is 16.1 Å². The molecule has 0 bridgehead atoms. The number of anilines is 1. The average Bonchev–Trinajstić information content (AvgIpc) is 3.45. The molecule has 4 rings (SSSR count). The van der Waals surface area contributed by atoms with Gasteiger partial charge >= 0.3 is 0 Å². The normalized spacial score (nSPS) is 12.4. The van der Waals surface area contributed by atoms with Crippen molar-refractivity contribution in [2.45, 2.75) is 0 Å². The van der Waals surface area contributed by atoms with Crippen LogP contribution in [-0.2, 0) is 4.79 Å². The lowest BCUT2D eigenvalue weighted by Gasteiger charge is -2.11. The van der Waals surface area contributed by atoms with Gasteiger partial charge in [0.05, 0.1) is 13.4 Å². The maximum atomic E-state index is 12.9. The van der Waals surface area contributed by atoms with Gasteiger partial charge in [-0.3, -0.25) is 9.59 Å². The molecule has 8 nitrogen and oxygen atoms in total. The smallest absolute Gasteiger partial charge is 0.291 e. The molecule has 0 spiro atoms. The summed E-state index contributed by atoms with van der Waals surface area (Å²) in [5.74, 6) is 0.890. The molecule has 2 aromatic carbocycles. The molecule has 0 atom stereocenters. The van der Waals surface area contributed by atoms with Crippen LogP contribution >= 0.6 is 0 Å². The SMILES string of the molecule is COc1ccc(NC(=O)/C(=C/c2ccc3c(c2)OCO3)NC(=O)c2ccco2)cc1. The lowest BCUT2D eigenvalue weighted by molar-refractivity contribution is -0.113. The molecule has 0 fully saturated rings. The second-order valence-electron chi connectivity index (χ2n) is 6.28. The van der Waals surface area contributed by atoms with Crippen molar-refractivity contribution < 1.29 is 28.2 Å². The monoisotopic (exact) mass is 406 g/mol. The van der Waals surface area contributed by atoms with Gasteiger partial charge in [-0.05, 0) is 60.2 Å². The van der Waals surface area contributed by atoms with Gasteiger partial charge in [-0.25, -0.2) is 0 Å². The Bertz CT molecular complexity index is 1090. The molecular weight excluding hydrogens is 388 g/mol. The number of amides is 2. The first-order valence-electron chi connectivity index (χ1n) is 9.04. The summed E-state index contributed by atoms with van der Waals surface area (Å²) in [5, 5.41) is 5.35. The first-order chi connectivity index (χ1) is 14.6. The quantitative estimate of drug-likeness (QED) is 0.609. The summed E-state index contributed by atoms with van der Waals surface area (Å²) in [6, 6.07) is 15.2. The first-order valence-corrected chi connectivity index (χ1v) is 9.04. The molecule has 0 saturated carbocycles. The fourth-order valence-electron chi connectivity index (χ4n) is 2.79. The summed E-state index contributed by atoms with van der Waals surface area (Å²) >= 11 is 0. The molecule has 2 amide bonds. The summed E-state index contributed by atoms with van der Waals surface area (Å²) in [7, 11) is 1.56. The highest BCUT2D eigenvalue weighted by Gasteiger charge is 2.18. The van der Waals surface area contributed by atoms with Crippen molar-refractivity contribution in [3.8, 4) is 17.2 Å². The van der Waals surface area contributed by atoms with E-state index in [1.54, 1.807) is 61.7 Å². The lowest BCUT2D eigenvalue weighted by atomic mass is 10.1. The Kier molecular flexibility index (Phi) is 5.38. The van der Waals surface area contributed by atoms with E-state index in [9.17, 15) is 9.59 Å². The number of nitrogens with one attached hydrogen (secondary N) is 2. The van der Waals surface area contributed by atoms with Gasteiger partial charge in [0.1, 0.15) is 11.4 Å². The van der Waals surface area contributed by atoms with Crippen molar-refractivity contribution in [1.82, 2.24) is 5.32 Å². The van der Waals surface area contributed by atoms with E-state index in [4.69, 9.17) is 18.6 Å². The highest BCUT2D eigenvalue weighted by molar-refractivity contribution is 6.10. The Balaban J connectivity index is 1.60. The first kappa shape index (κ1) is 19.1. The van der Waals surface area contributed by atoms with E-state index in [0.717, 1.165) is 0 Å². The highest BCUT2D eigenvalue weighted by atomic mass is 16.7. The topological polar surface area (TPSA) is 99.0 Å². The van der Waals surface area contributed by atoms with E-state index in [2.05, 4.69) is 10.6 Å². The molecule has 152 valence electrons. The number of benzene rings is 2. The minimum absolute atomic E-state index is 0.0334. The number of ether oxygens (including phenoxy) is 3.